The molecule has 0 aliphatic heterocycles. The molecule has 1 atom stereocenters. The molecule has 2 N–H and O–H groups in total. The van der Waals surface area contributed by atoms with Crippen molar-refractivity contribution in [2.24, 2.45) is 5.41 Å². The van der Waals surface area contributed by atoms with Crippen molar-refractivity contribution in [1.82, 2.24) is 0 Å². The molecule has 0 amide bonds. The van der Waals surface area contributed by atoms with E-state index in [4.69, 9.17) is 5.11 Å². The van der Waals surface area contributed by atoms with Gasteiger partial charge in [0.1, 0.15) is 11.6 Å². The molecule has 1 aliphatic rings. The third-order valence-electron chi connectivity index (χ3n) is 3.64. The van der Waals surface area contributed by atoms with Gasteiger partial charge in [0.15, 0.2) is 0 Å². The van der Waals surface area contributed by atoms with Gasteiger partial charge in [0.05, 0.1) is 6.42 Å². The number of hydrogen-bond donors (Lipinski definition) is 2. The molecule has 0 aromatic heterocycles. The SMILES string of the molecule is CC1(C[C@@H](CC(=O)O)c2cc(O)cc(F)c2)CC1. The third kappa shape index (κ3) is 3.22. The Balaban J connectivity index is 2.23. The van der Waals surface area contributed by atoms with Crippen molar-refractivity contribution >= 4 is 5.97 Å². The number of phenolic OH excluding ortho intramolecular Hbond substituents is 1. The number of hydrogen-bond acceptors (Lipinski definition) is 2. The maximum absolute atomic E-state index is 13.3. The van der Waals surface area contributed by atoms with Crippen LogP contribution in [0, 0.1) is 11.2 Å². The number of halogens is 1. The Bertz CT molecular complexity index is 446. The van der Waals surface area contributed by atoms with E-state index in [1.165, 1.54) is 12.1 Å². The lowest BCUT2D eigenvalue weighted by Gasteiger charge is -2.19. The molecular weight excluding hydrogens is 235 g/mol. The average molecular weight is 252 g/mol. The summed E-state index contributed by atoms with van der Waals surface area (Å²) in [5.41, 5.74) is 0.755. The minimum absolute atomic E-state index is 0.0293. The fourth-order valence-electron chi connectivity index (χ4n) is 2.36. The Morgan fingerprint density at radius 3 is 2.61 bits per heavy atom. The Morgan fingerprint density at radius 2 is 2.11 bits per heavy atom. The van der Waals surface area contributed by atoms with Crippen molar-refractivity contribution in [2.45, 2.75) is 38.5 Å². The van der Waals surface area contributed by atoms with E-state index in [2.05, 4.69) is 6.92 Å². The Kier molecular flexibility index (Phi) is 3.28. The first-order chi connectivity index (χ1) is 8.38. The van der Waals surface area contributed by atoms with E-state index in [0.29, 0.717) is 5.56 Å². The van der Waals surface area contributed by atoms with Crippen LogP contribution in [-0.2, 0) is 4.79 Å². The first-order valence-corrected chi connectivity index (χ1v) is 6.09. The van der Waals surface area contributed by atoms with Gasteiger partial charge >= 0.3 is 5.97 Å². The summed E-state index contributed by atoms with van der Waals surface area (Å²) >= 11 is 0. The molecule has 3 nitrogen and oxygen atoms in total. The number of rotatable bonds is 5. The number of carboxylic acids is 1. The van der Waals surface area contributed by atoms with Gasteiger partial charge in [-0.1, -0.05) is 6.92 Å². The molecule has 0 bridgehead atoms. The fourth-order valence-corrected chi connectivity index (χ4v) is 2.36. The summed E-state index contributed by atoms with van der Waals surface area (Å²) in [6.45, 7) is 2.11. The average Bonchev–Trinajstić information content (AvgIpc) is 2.93. The summed E-state index contributed by atoms with van der Waals surface area (Å²) in [6, 6.07) is 3.81. The molecule has 0 heterocycles. The molecule has 0 saturated heterocycles. The van der Waals surface area contributed by atoms with Gasteiger partial charge in [-0.15, -0.1) is 0 Å². The van der Waals surface area contributed by atoms with Gasteiger partial charge in [-0.05, 0) is 48.3 Å². The van der Waals surface area contributed by atoms with E-state index in [-0.39, 0.29) is 23.5 Å². The predicted molar refractivity (Wildman–Crippen MR) is 65.0 cm³/mol. The Morgan fingerprint density at radius 1 is 1.44 bits per heavy atom. The van der Waals surface area contributed by atoms with Crippen molar-refractivity contribution in [1.29, 1.82) is 0 Å². The molecule has 4 heteroatoms. The van der Waals surface area contributed by atoms with Crippen LogP contribution < -0.4 is 0 Å². The second kappa shape index (κ2) is 4.59. The van der Waals surface area contributed by atoms with Crippen LogP contribution in [0.2, 0.25) is 0 Å². The third-order valence-corrected chi connectivity index (χ3v) is 3.64. The van der Waals surface area contributed by atoms with E-state index in [1.807, 2.05) is 0 Å². The summed E-state index contributed by atoms with van der Waals surface area (Å²) in [5.74, 6) is -1.81. The highest BCUT2D eigenvalue weighted by Crippen LogP contribution is 2.52. The van der Waals surface area contributed by atoms with E-state index in [9.17, 15) is 14.3 Å². The topological polar surface area (TPSA) is 57.5 Å². The first-order valence-electron chi connectivity index (χ1n) is 6.09. The maximum Gasteiger partial charge on any atom is 0.303 e. The number of phenols is 1. The predicted octanol–water partition coefficient (Wildman–Crippen LogP) is 3.28. The number of carboxylic acid groups (broad SMARTS) is 1. The summed E-state index contributed by atoms with van der Waals surface area (Å²) in [6.07, 6.45) is 2.87. The normalized spacial score (nSPS) is 18.3. The van der Waals surface area contributed by atoms with E-state index in [1.54, 1.807) is 0 Å². The number of benzene rings is 1. The zero-order chi connectivity index (χ0) is 13.3. The van der Waals surface area contributed by atoms with Gasteiger partial charge in [0.25, 0.3) is 0 Å². The van der Waals surface area contributed by atoms with Gasteiger partial charge in [-0.25, -0.2) is 4.39 Å². The van der Waals surface area contributed by atoms with Crippen molar-refractivity contribution in [3.63, 3.8) is 0 Å². The molecule has 18 heavy (non-hydrogen) atoms. The van der Waals surface area contributed by atoms with Crippen LogP contribution in [0.15, 0.2) is 18.2 Å². The van der Waals surface area contributed by atoms with Crippen molar-refractivity contribution in [2.75, 3.05) is 0 Å². The lowest BCUT2D eigenvalue weighted by molar-refractivity contribution is -0.137. The molecule has 0 spiro atoms. The zero-order valence-corrected chi connectivity index (χ0v) is 10.3. The standard InChI is InChI=1S/C14H17FO3/c1-14(2-3-14)8-10(6-13(17)18)9-4-11(15)7-12(16)5-9/h4-5,7,10,16H,2-3,6,8H2,1H3,(H,17,18)/t10-/m1/s1. The van der Waals surface area contributed by atoms with Gasteiger partial charge in [0.2, 0.25) is 0 Å². The van der Waals surface area contributed by atoms with Gasteiger partial charge < -0.3 is 10.2 Å². The molecular formula is C14H17FO3. The van der Waals surface area contributed by atoms with Crippen molar-refractivity contribution in [3.8, 4) is 5.75 Å². The maximum atomic E-state index is 13.3. The van der Waals surface area contributed by atoms with Crippen LogP contribution in [0.1, 0.15) is 44.1 Å². The van der Waals surface area contributed by atoms with Gasteiger partial charge in [-0.2, -0.15) is 0 Å². The number of carbonyl (C=O) groups is 1. The van der Waals surface area contributed by atoms with E-state index >= 15 is 0 Å². The Labute approximate surface area is 105 Å². The zero-order valence-electron chi connectivity index (χ0n) is 10.3. The van der Waals surface area contributed by atoms with Crippen LogP contribution in [0.3, 0.4) is 0 Å². The molecule has 0 unspecified atom stereocenters. The van der Waals surface area contributed by atoms with Crippen LogP contribution in [-0.4, -0.2) is 16.2 Å². The fraction of sp³-hybridized carbons (Fsp3) is 0.500. The molecule has 2 rings (SSSR count). The second-order valence-electron chi connectivity index (χ2n) is 5.55. The molecule has 1 aliphatic carbocycles. The minimum atomic E-state index is -0.895. The monoisotopic (exact) mass is 252 g/mol. The summed E-state index contributed by atoms with van der Waals surface area (Å²) < 4.78 is 13.3. The summed E-state index contributed by atoms with van der Waals surface area (Å²) in [7, 11) is 0. The largest absolute Gasteiger partial charge is 0.508 e. The number of aliphatic carboxylic acids is 1. The van der Waals surface area contributed by atoms with Crippen molar-refractivity contribution in [3.05, 3.63) is 29.6 Å². The summed E-state index contributed by atoms with van der Waals surface area (Å²) in [4.78, 5) is 10.9. The Hall–Kier alpha value is -1.58. The number of aromatic hydroxyl groups is 1. The molecule has 98 valence electrons. The molecule has 1 aromatic rings. The lowest BCUT2D eigenvalue weighted by Crippen LogP contribution is -2.11. The van der Waals surface area contributed by atoms with Gasteiger partial charge in [-0.3, -0.25) is 4.79 Å². The van der Waals surface area contributed by atoms with Crippen LogP contribution in [0.25, 0.3) is 0 Å². The van der Waals surface area contributed by atoms with E-state index in [0.717, 1.165) is 25.3 Å². The first kappa shape index (κ1) is 12.9. The lowest BCUT2D eigenvalue weighted by atomic mass is 9.85. The minimum Gasteiger partial charge on any atom is -0.508 e. The quantitative estimate of drug-likeness (QED) is 0.845. The molecule has 1 aromatic carbocycles. The van der Waals surface area contributed by atoms with Crippen LogP contribution in [0.4, 0.5) is 4.39 Å². The smallest absolute Gasteiger partial charge is 0.303 e. The van der Waals surface area contributed by atoms with E-state index < -0.39 is 11.8 Å². The molecule has 1 fully saturated rings. The summed E-state index contributed by atoms with van der Waals surface area (Å²) in [5, 5.41) is 18.3. The van der Waals surface area contributed by atoms with Crippen LogP contribution >= 0.6 is 0 Å². The van der Waals surface area contributed by atoms with Crippen LogP contribution in [0.5, 0.6) is 5.75 Å². The highest BCUT2D eigenvalue weighted by atomic mass is 19.1. The molecule has 1 saturated carbocycles. The van der Waals surface area contributed by atoms with Gasteiger partial charge in [0, 0.05) is 6.07 Å². The highest BCUT2D eigenvalue weighted by molar-refractivity contribution is 5.68. The molecule has 0 radical (unpaired) electrons. The highest BCUT2D eigenvalue weighted by Gasteiger charge is 2.40. The van der Waals surface area contributed by atoms with Crippen molar-refractivity contribution < 1.29 is 19.4 Å². The second-order valence-corrected chi connectivity index (χ2v) is 5.55.